The van der Waals surface area contributed by atoms with Crippen LogP contribution in [0.25, 0.3) is 0 Å². The SMILES string of the molecule is FC(F)(F)C(F)(F)C(F)(F)C(F)(F)C(F)(F)C(F)(F)[C](F)(C(F)(F)F)[Sn]([Br])([C](F)(C(F)(F)F)C(F)(F)C(F)(F)C(F)(F)C(F)(F)C(F)(F)C(F)(F)F)[C](F)(C(F)(F)F)C(F)(F)C(F)(F)C(F)(F)C(F)(F)C(F)(F)C(F)(F)F. The second-order valence-electron chi connectivity index (χ2n) is 14.2. The van der Waals surface area contributed by atoms with Crippen LogP contribution in [0.5, 0.6) is 0 Å². The molecule has 0 radical (unpaired) electrons. The molecule has 0 heterocycles. The molecule has 0 aliphatic rings. The van der Waals surface area contributed by atoms with Crippen LogP contribution in [-0.2, 0) is 0 Å². The van der Waals surface area contributed by atoms with Crippen molar-refractivity contribution in [2.24, 2.45) is 0 Å². The summed E-state index contributed by atoms with van der Waals surface area (Å²) in [5.41, 5.74) is 0. The first-order chi connectivity index (χ1) is 32.0. The molecule has 0 fully saturated rings. The van der Waals surface area contributed by atoms with Crippen LogP contribution in [0, 0.1) is 0 Å². The van der Waals surface area contributed by atoms with Crippen molar-refractivity contribution in [1.82, 2.24) is 0 Å². The van der Waals surface area contributed by atoms with Crippen molar-refractivity contribution < 1.29 is 224 Å². The molecule has 0 aromatic rings. The first-order valence-corrected chi connectivity index (χ1v) is 26.5. The normalized spacial score (nSPS) is 20.1. The molecule has 0 spiro atoms. The number of halogens is 52. The third kappa shape index (κ3) is 8.30. The Morgan fingerprint density at radius 2 is 0.221 bits per heavy atom. The van der Waals surface area contributed by atoms with Gasteiger partial charge in [-0.25, -0.2) is 0 Å². The van der Waals surface area contributed by atoms with Gasteiger partial charge in [0.15, 0.2) is 0 Å². The van der Waals surface area contributed by atoms with Gasteiger partial charge in [0.05, 0.1) is 0 Å². The molecule has 0 aromatic carbocycles. The molecule has 53 heteroatoms. The minimum absolute atomic E-state index is 2.09. The van der Waals surface area contributed by atoms with Crippen molar-refractivity contribution in [2.45, 2.75) is 137 Å². The van der Waals surface area contributed by atoms with Crippen molar-refractivity contribution in [3.63, 3.8) is 0 Å². The minimum atomic E-state index is -17.0. The molecule has 0 N–H and O–H groups in total. The molecule has 3 unspecified atom stereocenters. The molecular weight excluding hydrogens is 1460 g/mol. The summed E-state index contributed by atoms with van der Waals surface area (Å²) in [6, 6.07) is 0. The Kier molecular flexibility index (Phi) is 17.3. The van der Waals surface area contributed by atoms with Gasteiger partial charge in [0, 0.05) is 0 Å². The first-order valence-electron chi connectivity index (χ1n) is 15.8. The van der Waals surface area contributed by atoms with E-state index in [2.05, 4.69) is 0 Å². The Hall–Kier alpha value is -2.29. The number of hydrogen-bond acceptors (Lipinski definition) is 0. The molecule has 0 aromatic heterocycles. The molecule has 0 amide bonds. The van der Waals surface area contributed by atoms with Crippen LogP contribution in [0.1, 0.15) is 0 Å². The summed E-state index contributed by atoms with van der Waals surface area (Å²) in [6.45, 7) is 0. The quantitative estimate of drug-likeness (QED) is 0.0948. The summed E-state index contributed by atoms with van der Waals surface area (Å²) < 4.78 is 687. The summed E-state index contributed by atoms with van der Waals surface area (Å²) in [7, 11) is 0. The number of rotatable bonds is 18. The first kappa shape index (κ1) is 74.7. The van der Waals surface area contributed by atoms with E-state index >= 15 is 39.5 Å². The van der Waals surface area contributed by atoms with Gasteiger partial charge in [-0.05, 0) is 0 Å². The van der Waals surface area contributed by atoms with Gasteiger partial charge in [0.1, 0.15) is 0 Å². The fraction of sp³-hybridized carbons (Fsp3) is 1.00. The van der Waals surface area contributed by atoms with Crippen molar-refractivity contribution in [3.8, 4) is 0 Å². The Balaban J connectivity index is 11.3. The van der Waals surface area contributed by atoms with Gasteiger partial charge in [0.25, 0.3) is 0 Å². The summed E-state index contributed by atoms with van der Waals surface area (Å²) in [6.07, 6.45) is -61.6. The Morgan fingerprint density at radius 1 is 0.130 bits per heavy atom. The summed E-state index contributed by atoms with van der Waals surface area (Å²) >= 11 is -19.1. The van der Waals surface area contributed by atoms with Gasteiger partial charge >= 0.3 is 390 Å². The molecule has 3 atom stereocenters. The van der Waals surface area contributed by atoms with E-state index < -0.39 is 166 Å². The standard InChI is InChI=1S/3C8F17.BrH.Sn/c3*9-1(3(12,13)14)2(10,11)4(15,16)5(17,18)6(19,20)7(21,22)8(23,24)25;;/h;;;1H;/q;;;;+1/p-1. The average Bonchev–Trinajstić information content (AvgIpc) is 3.15. The molecule has 0 saturated heterocycles. The van der Waals surface area contributed by atoms with E-state index in [1.165, 1.54) is 0 Å². The zero-order valence-electron chi connectivity index (χ0n) is 32.2. The molecule has 0 saturated carbocycles. The van der Waals surface area contributed by atoms with Gasteiger partial charge in [-0.2, -0.15) is 0 Å². The predicted molar refractivity (Wildman–Crippen MR) is 137 cm³/mol. The monoisotopic (exact) mass is 1460 g/mol. The van der Waals surface area contributed by atoms with Crippen LogP contribution in [0.4, 0.5) is 224 Å². The maximum absolute atomic E-state index is 17.0. The third-order valence-electron chi connectivity index (χ3n) is 9.69. The molecular formula is C24BrF51Sn. The van der Waals surface area contributed by atoms with Gasteiger partial charge in [-0.15, -0.1) is 0 Å². The van der Waals surface area contributed by atoms with E-state index in [1.54, 1.807) is 0 Å². The average molecular weight is 1460 g/mol. The summed E-state index contributed by atoms with van der Waals surface area (Å²) in [5.74, 6) is -165. The molecule has 0 aliphatic carbocycles. The van der Waals surface area contributed by atoms with Gasteiger partial charge in [0.2, 0.25) is 0 Å². The van der Waals surface area contributed by atoms with E-state index in [1.807, 2.05) is 0 Å². The molecule has 77 heavy (non-hydrogen) atoms. The van der Waals surface area contributed by atoms with Crippen LogP contribution < -0.4 is 0 Å². The Bertz CT molecular complexity index is 1900. The second kappa shape index (κ2) is 17.9. The van der Waals surface area contributed by atoms with Crippen molar-refractivity contribution in [3.05, 3.63) is 0 Å². The van der Waals surface area contributed by atoms with Gasteiger partial charge < -0.3 is 0 Å². The molecule has 0 rings (SSSR count). The fourth-order valence-corrected chi connectivity index (χ4v) is 27.4. The van der Waals surface area contributed by atoms with E-state index in [9.17, 15) is 184 Å². The number of hydrogen-bond donors (Lipinski definition) is 0. The Morgan fingerprint density at radius 3 is 0.312 bits per heavy atom. The van der Waals surface area contributed by atoms with E-state index in [0.29, 0.717) is 0 Å². The zero-order valence-corrected chi connectivity index (χ0v) is 36.6. The van der Waals surface area contributed by atoms with Crippen LogP contribution in [0.15, 0.2) is 0 Å². The van der Waals surface area contributed by atoms with Gasteiger partial charge in [-0.1, -0.05) is 0 Å². The van der Waals surface area contributed by atoms with E-state index in [-0.39, 0.29) is 0 Å². The fourth-order valence-electron chi connectivity index (χ4n) is 5.44. The van der Waals surface area contributed by atoms with Crippen molar-refractivity contribution >= 4 is 28.9 Å². The summed E-state index contributed by atoms with van der Waals surface area (Å²) in [5, 5.41) is 0. The van der Waals surface area contributed by atoms with E-state index in [4.69, 9.17) is 0 Å². The molecule has 0 nitrogen and oxygen atoms in total. The predicted octanol–water partition coefficient (Wildman–Crippen LogP) is 17.0. The summed E-state index contributed by atoms with van der Waals surface area (Å²) in [4.78, 5) is 0. The maximum atomic E-state index is 16.6. The third-order valence-corrected chi connectivity index (χ3v) is 33.9. The van der Waals surface area contributed by atoms with Gasteiger partial charge in [-0.3, -0.25) is 0 Å². The molecule has 0 aliphatic heterocycles. The van der Waals surface area contributed by atoms with Crippen LogP contribution in [0.2, 0.25) is 0 Å². The van der Waals surface area contributed by atoms with Crippen LogP contribution in [-0.4, -0.2) is 153 Å². The second-order valence-corrected chi connectivity index (χ2v) is 31.9. The van der Waals surface area contributed by atoms with Crippen molar-refractivity contribution in [1.29, 1.82) is 0 Å². The van der Waals surface area contributed by atoms with Crippen LogP contribution in [0.3, 0.4) is 0 Å². The molecule has 0 bridgehead atoms. The molecule has 464 valence electrons. The zero-order chi connectivity index (χ0) is 64.5. The van der Waals surface area contributed by atoms with Crippen LogP contribution >= 0.6 is 12.7 Å². The van der Waals surface area contributed by atoms with Crippen molar-refractivity contribution in [2.75, 3.05) is 0 Å². The number of alkyl halides is 51. The van der Waals surface area contributed by atoms with E-state index in [0.717, 1.165) is 0 Å². The topological polar surface area (TPSA) is 0 Å². The Labute approximate surface area is 390 Å².